The van der Waals surface area contributed by atoms with Gasteiger partial charge < -0.3 is 9.64 Å². The molecular weight excluding hydrogens is 413 g/mol. The van der Waals surface area contributed by atoms with Gasteiger partial charge in [0.15, 0.2) is 6.10 Å². The molecule has 1 unspecified atom stereocenters. The molecular formula is C22H27F3N2O2S. The van der Waals surface area contributed by atoms with Crippen LogP contribution in [0.4, 0.5) is 18.0 Å². The third kappa shape index (κ3) is 4.04. The van der Waals surface area contributed by atoms with Crippen molar-refractivity contribution in [2.45, 2.75) is 63.9 Å². The maximum Gasteiger partial charge on any atom is 0.425 e. The van der Waals surface area contributed by atoms with Gasteiger partial charge in [0.25, 0.3) is 0 Å². The number of halogens is 3. The van der Waals surface area contributed by atoms with Crippen molar-refractivity contribution in [3.63, 3.8) is 0 Å². The first-order valence-corrected chi connectivity index (χ1v) is 11.3. The van der Waals surface area contributed by atoms with Crippen LogP contribution in [-0.2, 0) is 11.3 Å². The lowest BCUT2D eigenvalue weighted by Gasteiger charge is -2.45. The van der Waals surface area contributed by atoms with Crippen LogP contribution in [0.5, 0.6) is 0 Å². The summed E-state index contributed by atoms with van der Waals surface area (Å²) >= 11 is 1.84. The number of benzene rings is 1. The summed E-state index contributed by atoms with van der Waals surface area (Å²) in [6, 6.07) is 8.45. The van der Waals surface area contributed by atoms with E-state index in [0.29, 0.717) is 13.1 Å². The first-order valence-electron chi connectivity index (χ1n) is 10.4. The molecule has 8 heteroatoms. The van der Waals surface area contributed by atoms with Gasteiger partial charge in [0, 0.05) is 34.8 Å². The number of thiophene rings is 1. The van der Waals surface area contributed by atoms with Gasteiger partial charge in [-0.05, 0) is 63.1 Å². The van der Waals surface area contributed by atoms with E-state index in [-0.39, 0.29) is 5.54 Å². The first-order chi connectivity index (χ1) is 14.2. The molecule has 1 amide bonds. The summed E-state index contributed by atoms with van der Waals surface area (Å²) in [6.45, 7) is 5.83. The SMILES string of the molecule is Cc1c(CN2CCCC23CCN(C(=O)OC(C)C(F)(F)F)CC3)sc2ccccc12. The second-order valence-corrected chi connectivity index (χ2v) is 9.59. The predicted molar refractivity (Wildman–Crippen MR) is 112 cm³/mol. The van der Waals surface area contributed by atoms with Gasteiger partial charge in [-0.3, -0.25) is 4.90 Å². The number of likely N-dealkylation sites (tertiary alicyclic amines) is 2. The van der Waals surface area contributed by atoms with Crippen LogP contribution in [0.25, 0.3) is 10.1 Å². The Balaban J connectivity index is 1.41. The van der Waals surface area contributed by atoms with Gasteiger partial charge in [-0.15, -0.1) is 11.3 Å². The van der Waals surface area contributed by atoms with Crippen molar-refractivity contribution in [2.24, 2.45) is 0 Å². The summed E-state index contributed by atoms with van der Waals surface area (Å²) in [6.07, 6.45) is -3.76. The van der Waals surface area contributed by atoms with Crippen molar-refractivity contribution >= 4 is 27.5 Å². The van der Waals surface area contributed by atoms with Crippen LogP contribution in [0.2, 0.25) is 0 Å². The molecule has 4 rings (SSSR count). The van der Waals surface area contributed by atoms with Crippen molar-refractivity contribution in [3.8, 4) is 0 Å². The zero-order valence-corrected chi connectivity index (χ0v) is 18.1. The Morgan fingerprint density at radius 1 is 1.20 bits per heavy atom. The monoisotopic (exact) mass is 440 g/mol. The van der Waals surface area contributed by atoms with E-state index in [1.54, 1.807) is 0 Å². The smallest absolute Gasteiger partial charge is 0.425 e. The topological polar surface area (TPSA) is 32.8 Å². The van der Waals surface area contributed by atoms with Crippen molar-refractivity contribution in [3.05, 3.63) is 34.7 Å². The Bertz CT molecular complexity index is 919. The predicted octanol–water partition coefficient (Wildman–Crippen LogP) is 5.73. The van der Waals surface area contributed by atoms with Gasteiger partial charge in [0.2, 0.25) is 0 Å². The molecule has 2 aliphatic rings. The average Bonchev–Trinajstić information content (AvgIpc) is 3.23. The number of fused-ring (bicyclic) bond motifs is 1. The molecule has 1 aromatic heterocycles. The minimum absolute atomic E-state index is 0.0229. The van der Waals surface area contributed by atoms with Crippen molar-refractivity contribution < 1.29 is 22.7 Å². The summed E-state index contributed by atoms with van der Waals surface area (Å²) in [5.41, 5.74) is 1.36. The molecule has 30 heavy (non-hydrogen) atoms. The number of alkyl halides is 3. The third-order valence-electron chi connectivity index (χ3n) is 6.71. The fourth-order valence-corrected chi connectivity index (χ4v) is 5.98. The number of hydrogen-bond acceptors (Lipinski definition) is 4. The Morgan fingerprint density at radius 3 is 2.57 bits per heavy atom. The first kappa shape index (κ1) is 21.4. The van der Waals surface area contributed by atoms with Crippen LogP contribution in [0, 0.1) is 6.92 Å². The van der Waals surface area contributed by atoms with Gasteiger partial charge in [-0.2, -0.15) is 13.2 Å². The van der Waals surface area contributed by atoms with Gasteiger partial charge in [-0.25, -0.2) is 4.79 Å². The molecule has 1 spiro atoms. The highest BCUT2D eigenvalue weighted by atomic mass is 32.1. The van der Waals surface area contributed by atoms with Gasteiger partial charge in [-0.1, -0.05) is 18.2 Å². The molecule has 4 nitrogen and oxygen atoms in total. The van der Waals surface area contributed by atoms with E-state index in [1.807, 2.05) is 11.3 Å². The maximum atomic E-state index is 12.7. The van der Waals surface area contributed by atoms with Gasteiger partial charge >= 0.3 is 12.3 Å². The zero-order chi connectivity index (χ0) is 21.5. The Morgan fingerprint density at radius 2 is 1.90 bits per heavy atom. The molecule has 0 N–H and O–H groups in total. The summed E-state index contributed by atoms with van der Waals surface area (Å²) in [7, 11) is 0. The number of hydrogen-bond donors (Lipinski definition) is 0. The third-order valence-corrected chi connectivity index (χ3v) is 7.97. The number of rotatable bonds is 3. The minimum Gasteiger partial charge on any atom is -0.437 e. The van der Waals surface area contributed by atoms with Crippen molar-refractivity contribution in [1.29, 1.82) is 0 Å². The molecule has 3 heterocycles. The van der Waals surface area contributed by atoms with Gasteiger partial charge in [0.1, 0.15) is 0 Å². The summed E-state index contributed by atoms with van der Waals surface area (Å²) in [5.74, 6) is 0. The van der Waals surface area contributed by atoms with E-state index in [4.69, 9.17) is 0 Å². The van der Waals surface area contributed by atoms with Gasteiger partial charge in [0.05, 0.1) is 0 Å². The highest BCUT2D eigenvalue weighted by Crippen LogP contribution is 2.41. The number of carbonyl (C=O) groups is 1. The van der Waals surface area contributed by atoms with Crippen LogP contribution in [0.1, 0.15) is 43.0 Å². The second kappa shape index (κ2) is 8.04. The fourth-order valence-electron chi connectivity index (χ4n) is 4.75. The maximum absolute atomic E-state index is 12.7. The number of amides is 1. The molecule has 2 aliphatic heterocycles. The van der Waals surface area contributed by atoms with Crippen LogP contribution in [0.3, 0.4) is 0 Å². The molecule has 2 aromatic rings. The van der Waals surface area contributed by atoms with Crippen LogP contribution < -0.4 is 0 Å². The number of aryl methyl sites for hydroxylation is 1. The molecule has 0 aliphatic carbocycles. The van der Waals surface area contributed by atoms with Crippen LogP contribution in [-0.4, -0.2) is 53.3 Å². The number of ether oxygens (including phenoxy) is 1. The Hall–Kier alpha value is -1.80. The average molecular weight is 441 g/mol. The lowest BCUT2D eigenvalue weighted by Crippen LogP contribution is -2.53. The Labute approximate surface area is 178 Å². The molecule has 164 valence electrons. The van der Waals surface area contributed by atoms with E-state index in [9.17, 15) is 18.0 Å². The number of piperidine rings is 1. The molecule has 1 atom stereocenters. The lowest BCUT2D eigenvalue weighted by molar-refractivity contribution is -0.200. The number of nitrogens with zero attached hydrogens (tertiary/aromatic N) is 2. The summed E-state index contributed by atoms with van der Waals surface area (Å²) in [4.78, 5) is 17.5. The standard InChI is InChI=1S/C22H27F3N2O2S/c1-15-17-6-3-4-7-18(17)30-19(15)14-27-11-5-8-21(27)9-12-26(13-10-21)20(28)29-16(2)22(23,24)25/h3-4,6-7,16H,5,8-14H2,1-2H3. The summed E-state index contributed by atoms with van der Waals surface area (Å²) < 4.78 is 44.0. The van der Waals surface area contributed by atoms with E-state index in [1.165, 1.54) is 25.4 Å². The quantitative estimate of drug-likeness (QED) is 0.611. The van der Waals surface area contributed by atoms with Crippen molar-refractivity contribution in [1.82, 2.24) is 9.80 Å². The van der Waals surface area contributed by atoms with Crippen LogP contribution >= 0.6 is 11.3 Å². The summed E-state index contributed by atoms with van der Waals surface area (Å²) in [5, 5.41) is 1.31. The molecule has 2 saturated heterocycles. The highest BCUT2D eigenvalue weighted by molar-refractivity contribution is 7.19. The zero-order valence-electron chi connectivity index (χ0n) is 17.3. The molecule has 0 saturated carbocycles. The second-order valence-electron chi connectivity index (χ2n) is 8.45. The largest absolute Gasteiger partial charge is 0.437 e. The van der Waals surface area contributed by atoms with E-state index < -0.39 is 18.4 Å². The van der Waals surface area contributed by atoms with E-state index in [0.717, 1.165) is 45.7 Å². The van der Waals surface area contributed by atoms with Crippen molar-refractivity contribution in [2.75, 3.05) is 19.6 Å². The molecule has 0 bridgehead atoms. The molecule has 0 radical (unpaired) electrons. The lowest BCUT2D eigenvalue weighted by atomic mass is 9.85. The number of carbonyl (C=O) groups excluding carboxylic acids is 1. The normalized spacial score (nSPS) is 20.8. The highest BCUT2D eigenvalue weighted by Gasteiger charge is 2.45. The fraction of sp³-hybridized carbons (Fsp3) is 0.591. The Kier molecular flexibility index (Phi) is 5.74. The van der Waals surface area contributed by atoms with Crippen LogP contribution in [0.15, 0.2) is 24.3 Å². The molecule has 2 fully saturated rings. The molecule has 1 aromatic carbocycles. The minimum atomic E-state index is -4.53. The van der Waals surface area contributed by atoms with E-state index >= 15 is 0 Å². The van der Waals surface area contributed by atoms with E-state index in [2.05, 4.69) is 40.8 Å².